The SMILES string of the molecule is CN(C)CCCn1c2c(c(SCC(=O)Nc3ccc(F)cc3F)nc1=O)CCC2. The van der Waals surface area contributed by atoms with Gasteiger partial charge in [-0.05, 0) is 58.5 Å². The molecule has 0 bridgehead atoms. The monoisotopic (exact) mass is 422 g/mol. The fourth-order valence-electron chi connectivity index (χ4n) is 3.39. The minimum absolute atomic E-state index is 0.0136. The summed E-state index contributed by atoms with van der Waals surface area (Å²) in [7, 11) is 3.99. The Balaban J connectivity index is 1.68. The first-order chi connectivity index (χ1) is 13.8. The Morgan fingerprint density at radius 2 is 2.10 bits per heavy atom. The lowest BCUT2D eigenvalue weighted by Gasteiger charge is -2.15. The average Bonchev–Trinajstić information content (AvgIpc) is 3.14. The van der Waals surface area contributed by atoms with E-state index in [1.807, 2.05) is 14.1 Å². The van der Waals surface area contributed by atoms with Crippen LogP contribution in [-0.4, -0.2) is 46.8 Å². The predicted octanol–water partition coefficient (Wildman–Crippen LogP) is 2.69. The number of fused-ring (bicyclic) bond motifs is 1. The fraction of sp³-hybridized carbons (Fsp3) is 0.450. The van der Waals surface area contributed by atoms with E-state index in [1.54, 1.807) is 4.57 Å². The van der Waals surface area contributed by atoms with E-state index in [0.29, 0.717) is 17.6 Å². The number of carbonyl (C=O) groups is 1. The zero-order valence-corrected chi connectivity index (χ0v) is 17.3. The summed E-state index contributed by atoms with van der Waals surface area (Å²) in [6.45, 7) is 1.51. The second-order valence-electron chi connectivity index (χ2n) is 7.25. The molecule has 0 unspecified atom stereocenters. The Hall–Kier alpha value is -2.26. The van der Waals surface area contributed by atoms with Crippen molar-refractivity contribution in [3.05, 3.63) is 51.6 Å². The molecule has 0 fully saturated rings. The third-order valence-electron chi connectivity index (χ3n) is 4.73. The first kappa shape index (κ1) is 21.4. The van der Waals surface area contributed by atoms with Gasteiger partial charge in [0.05, 0.1) is 11.4 Å². The van der Waals surface area contributed by atoms with Crippen LogP contribution in [0.3, 0.4) is 0 Å². The highest BCUT2D eigenvalue weighted by atomic mass is 32.2. The van der Waals surface area contributed by atoms with E-state index in [1.165, 1.54) is 17.8 Å². The van der Waals surface area contributed by atoms with Crippen molar-refractivity contribution < 1.29 is 13.6 Å². The highest BCUT2D eigenvalue weighted by Crippen LogP contribution is 2.29. The van der Waals surface area contributed by atoms with E-state index >= 15 is 0 Å². The number of hydrogen-bond donors (Lipinski definition) is 1. The van der Waals surface area contributed by atoms with Crippen molar-refractivity contribution in [2.24, 2.45) is 0 Å². The van der Waals surface area contributed by atoms with Crippen LogP contribution in [0.5, 0.6) is 0 Å². The molecule has 1 heterocycles. The van der Waals surface area contributed by atoms with E-state index in [4.69, 9.17) is 0 Å². The summed E-state index contributed by atoms with van der Waals surface area (Å²) in [6, 6.07) is 2.97. The van der Waals surface area contributed by atoms with Crippen LogP contribution in [0.15, 0.2) is 28.0 Å². The van der Waals surface area contributed by atoms with E-state index in [9.17, 15) is 18.4 Å². The zero-order chi connectivity index (χ0) is 21.0. The van der Waals surface area contributed by atoms with E-state index in [2.05, 4.69) is 15.2 Å². The van der Waals surface area contributed by atoms with Gasteiger partial charge in [-0.2, -0.15) is 4.98 Å². The largest absolute Gasteiger partial charge is 0.348 e. The Kier molecular flexibility index (Phi) is 7.02. The molecule has 0 saturated carbocycles. The Morgan fingerprint density at radius 1 is 1.31 bits per heavy atom. The first-order valence-corrected chi connectivity index (χ1v) is 10.5. The molecule has 0 saturated heterocycles. The smallest absolute Gasteiger partial charge is 0.323 e. The molecule has 1 aliphatic carbocycles. The van der Waals surface area contributed by atoms with Crippen molar-refractivity contribution in [2.45, 2.75) is 37.3 Å². The third kappa shape index (κ3) is 5.42. The number of hydrogen-bond acceptors (Lipinski definition) is 5. The summed E-state index contributed by atoms with van der Waals surface area (Å²) in [5.41, 5.74) is 1.67. The number of benzene rings is 1. The van der Waals surface area contributed by atoms with E-state index in [-0.39, 0.29) is 17.1 Å². The lowest BCUT2D eigenvalue weighted by atomic mass is 10.2. The van der Waals surface area contributed by atoms with Crippen molar-refractivity contribution in [3.8, 4) is 0 Å². The summed E-state index contributed by atoms with van der Waals surface area (Å²) >= 11 is 1.17. The molecule has 0 aliphatic heterocycles. The van der Waals surface area contributed by atoms with Crippen LogP contribution in [0.1, 0.15) is 24.1 Å². The molecule has 1 aromatic heterocycles. The van der Waals surface area contributed by atoms with Gasteiger partial charge in [-0.1, -0.05) is 11.8 Å². The van der Waals surface area contributed by atoms with Crippen molar-refractivity contribution >= 4 is 23.4 Å². The van der Waals surface area contributed by atoms with Crippen LogP contribution in [0.4, 0.5) is 14.5 Å². The van der Waals surface area contributed by atoms with Gasteiger partial charge in [-0.3, -0.25) is 9.36 Å². The number of carbonyl (C=O) groups excluding carboxylic acids is 1. The van der Waals surface area contributed by atoms with Gasteiger partial charge in [0.1, 0.15) is 16.7 Å². The maximum absolute atomic E-state index is 13.7. The zero-order valence-electron chi connectivity index (χ0n) is 16.5. The van der Waals surface area contributed by atoms with Gasteiger partial charge in [0.25, 0.3) is 0 Å². The molecule has 0 spiro atoms. The molecular weight excluding hydrogens is 398 g/mol. The second-order valence-corrected chi connectivity index (χ2v) is 8.21. The number of nitrogens with zero attached hydrogens (tertiary/aromatic N) is 3. The topological polar surface area (TPSA) is 67.2 Å². The molecule has 0 radical (unpaired) electrons. The number of aromatic nitrogens is 2. The van der Waals surface area contributed by atoms with Crippen LogP contribution in [0.2, 0.25) is 0 Å². The molecule has 156 valence electrons. The molecule has 2 aromatic rings. The van der Waals surface area contributed by atoms with E-state index in [0.717, 1.165) is 49.6 Å². The molecule has 1 N–H and O–H groups in total. The Bertz CT molecular complexity index is 962. The molecule has 3 rings (SSSR count). The molecule has 6 nitrogen and oxygen atoms in total. The number of anilines is 1. The lowest BCUT2D eigenvalue weighted by molar-refractivity contribution is -0.113. The summed E-state index contributed by atoms with van der Waals surface area (Å²) in [6.07, 6.45) is 3.47. The predicted molar refractivity (Wildman–Crippen MR) is 109 cm³/mol. The Labute approximate surface area is 172 Å². The maximum atomic E-state index is 13.7. The summed E-state index contributed by atoms with van der Waals surface area (Å²) in [5.74, 6) is -1.99. The maximum Gasteiger partial charge on any atom is 0.348 e. The summed E-state index contributed by atoms with van der Waals surface area (Å²) in [5, 5.41) is 2.99. The van der Waals surface area contributed by atoms with Crippen molar-refractivity contribution in [3.63, 3.8) is 0 Å². The molecule has 29 heavy (non-hydrogen) atoms. The first-order valence-electron chi connectivity index (χ1n) is 9.50. The van der Waals surface area contributed by atoms with Gasteiger partial charge >= 0.3 is 5.69 Å². The molecule has 0 atom stereocenters. The molecule has 1 aromatic carbocycles. The quantitative estimate of drug-likeness (QED) is 0.523. The number of nitrogens with one attached hydrogen (secondary N) is 1. The van der Waals surface area contributed by atoms with E-state index < -0.39 is 17.5 Å². The number of thioether (sulfide) groups is 1. The highest BCUT2D eigenvalue weighted by Gasteiger charge is 2.22. The van der Waals surface area contributed by atoms with Crippen LogP contribution in [-0.2, 0) is 24.2 Å². The normalized spacial score (nSPS) is 13.0. The summed E-state index contributed by atoms with van der Waals surface area (Å²) in [4.78, 5) is 31.0. The standard InChI is InChI=1S/C20H24F2N4O2S/c1-25(2)9-4-10-26-17-6-3-5-14(17)19(24-20(26)28)29-12-18(27)23-16-8-7-13(21)11-15(16)22/h7-8,11H,3-6,9-10,12H2,1-2H3,(H,23,27). The van der Waals surface area contributed by atoms with Crippen molar-refractivity contribution in [2.75, 3.05) is 31.7 Å². The van der Waals surface area contributed by atoms with Crippen LogP contribution in [0, 0.1) is 11.6 Å². The van der Waals surface area contributed by atoms with Crippen LogP contribution < -0.4 is 11.0 Å². The number of rotatable bonds is 8. The Morgan fingerprint density at radius 3 is 2.83 bits per heavy atom. The van der Waals surface area contributed by atoms with Gasteiger partial charge in [0.15, 0.2) is 0 Å². The fourth-order valence-corrected chi connectivity index (χ4v) is 4.27. The molecule has 1 amide bonds. The molecule has 9 heteroatoms. The molecular formula is C20H24F2N4O2S. The summed E-state index contributed by atoms with van der Waals surface area (Å²) < 4.78 is 28.4. The number of amides is 1. The lowest BCUT2D eigenvalue weighted by Crippen LogP contribution is -2.29. The minimum atomic E-state index is -0.831. The minimum Gasteiger partial charge on any atom is -0.323 e. The second kappa shape index (κ2) is 9.49. The average molecular weight is 423 g/mol. The number of halogens is 2. The van der Waals surface area contributed by atoms with Gasteiger partial charge < -0.3 is 10.2 Å². The van der Waals surface area contributed by atoms with Gasteiger partial charge in [0, 0.05) is 23.9 Å². The van der Waals surface area contributed by atoms with Crippen LogP contribution in [0.25, 0.3) is 0 Å². The van der Waals surface area contributed by atoms with Gasteiger partial charge in [0.2, 0.25) is 5.91 Å². The van der Waals surface area contributed by atoms with Gasteiger partial charge in [-0.25, -0.2) is 13.6 Å². The highest BCUT2D eigenvalue weighted by molar-refractivity contribution is 8.00. The van der Waals surface area contributed by atoms with Crippen molar-refractivity contribution in [1.82, 2.24) is 14.5 Å². The van der Waals surface area contributed by atoms with Crippen LogP contribution >= 0.6 is 11.8 Å². The molecule has 1 aliphatic rings. The van der Waals surface area contributed by atoms with Crippen molar-refractivity contribution in [1.29, 1.82) is 0 Å². The third-order valence-corrected chi connectivity index (χ3v) is 5.75. The van der Waals surface area contributed by atoms with Gasteiger partial charge in [-0.15, -0.1) is 0 Å².